The van der Waals surface area contributed by atoms with Crippen LogP contribution in [-0.4, -0.2) is 27.9 Å². The number of carbonyl (C=O) groups excluding carboxylic acids is 2. The van der Waals surface area contributed by atoms with Crippen molar-refractivity contribution in [2.75, 3.05) is 11.9 Å². The van der Waals surface area contributed by atoms with Gasteiger partial charge < -0.3 is 14.5 Å². The Hall–Kier alpha value is -3.64. The monoisotopic (exact) mass is 433 g/mol. The number of esters is 1. The summed E-state index contributed by atoms with van der Waals surface area (Å²) in [5.41, 5.74) is 4.18. The molecule has 0 aliphatic rings. The predicted molar refractivity (Wildman–Crippen MR) is 120 cm³/mol. The molecule has 0 radical (unpaired) electrons. The van der Waals surface area contributed by atoms with Crippen molar-refractivity contribution in [2.24, 2.45) is 0 Å². The van der Waals surface area contributed by atoms with Crippen LogP contribution in [0.3, 0.4) is 0 Å². The number of imidazole rings is 1. The van der Waals surface area contributed by atoms with Crippen LogP contribution in [0.4, 0.5) is 5.69 Å². The zero-order valence-electron chi connectivity index (χ0n) is 16.8. The van der Waals surface area contributed by atoms with Crippen molar-refractivity contribution < 1.29 is 14.3 Å². The molecule has 0 atom stereocenters. The van der Waals surface area contributed by atoms with Crippen LogP contribution in [0.25, 0.3) is 16.9 Å². The molecule has 1 amide bonds. The maximum Gasteiger partial charge on any atom is 0.338 e. The van der Waals surface area contributed by atoms with Gasteiger partial charge in [0.05, 0.1) is 30.0 Å². The quantitative estimate of drug-likeness (QED) is 0.434. The topological polar surface area (TPSA) is 72.7 Å². The number of hydrogen-bond acceptors (Lipinski definition) is 4. The summed E-state index contributed by atoms with van der Waals surface area (Å²) in [4.78, 5) is 29.3. The summed E-state index contributed by atoms with van der Waals surface area (Å²) in [6.45, 7) is 2.07. The molecule has 0 bridgehead atoms. The first-order chi connectivity index (χ1) is 15.0. The number of fused-ring (bicyclic) bond motifs is 1. The highest BCUT2D eigenvalue weighted by Crippen LogP contribution is 2.26. The molecule has 6 nitrogen and oxygen atoms in total. The number of nitrogens with zero attached hydrogens (tertiary/aromatic N) is 2. The van der Waals surface area contributed by atoms with Gasteiger partial charge >= 0.3 is 5.97 Å². The molecule has 0 spiro atoms. The summed E-state index contributed by atoms with van der Waals surface area (Å²) in [6.07, 6.45) is 2.02. The minimum Gasteiger partial charge on any atom is -0.462 e. The molecule has 0 unspecified atom stereocenters. The summed E-state index contributed by atoms with van der Waals surface area (Å²) >= 11 is 6.02. The Morgan fingerprint density at radius 2 is 1.77 bits per heavy atom. The average molecular weight is 434 g/mol. The number of carbonyl (C=O) groups is 2. The van der Waals surface area contributed by atoms with E-state index in [0.717, 1.165) is 22.6 Å². The lowest BCUT2D eigenvalue weighted by molar-refractivity contribution is -0.115. The SMILES string of the molecule is CCOC(=O)c1ccc(NC(=O)Cc2c(-c3ccc(Cl)cc3)nc3ccccn23)cc1. The van der Waals surface area contributed by atoms with Crippen molar-refractivity contribution in [3.8, 4) is 11.3 Å². The highest BCUT2D eigenvalue weighted by Gasteiger charge is 2.17. The maximum absolute atomic E-state index is 12.8. The fourth-order valence-electron chi connectivity index (χ4n) is 3.32. The van der Waals surface area contributed by atoms with Crippen molar-refractivity contribution in [3.63, 3.8) is 0 Å². The van der Waals surface area contributed by atoms with Crippen molar-refractivity contribution in [2.45, 2.75) is 13.3 Å². The lowest BCUT2D eigenvalue weighted by Gasteiger charge is -2.08. The van der Waals surface area contributed by atoms with E-state index in [-0.39, 0.29) is 12.3 Å². The number of pyridine rings is 1. The van der Waals surface area contributed by atoms with Crippen LogP contribution in [0, 0.1) is 0 Å². The zero-order chi connectivity index (χ0) is 21.8. The fourth-order valence-corrected chi connectivity index (χ4v) is 3.44. The van der Waals surface area contributed by atoms with Crippen LogP contribution in [0.15, 0.2) is 72.9 Å². The number of rotatable bonds is 6. The van der Waals surface area contributed by atoms with E-state index in [9.17, 15) is 9.59 Å². The van der Waals surface area contributed by atoms with Crippen LogP contribution >= 0.6 is 11.6 Å². The smallest absolute Gasteiger partial charge is 0.338 e. The molecule has 0 saturated heterocycles. The van der Waals surface area contributed by atoms with Gasteiger partial charge in [-0.3, -0.25) is 4.79 Å². The first-order valence-electron chi connectivity index (χ1n) is 9.84. The molecular formula is C24H20ClN3O3. The molecule has 2 aromatic carbocycles. The van der Waals surface area contributed by atoms with E-state index in [1.807, 2.05) is 40.9 Å². The Bertz CT molecular complexity index is 1230. The summed E-state index contributed by atoms with van der Waals surface area (Å²) < 4.78 is 6.89. The molecule has 7 heteroatoms. The molecule has 156 valence electrons. The Labute approximate surface area is 184 Å². The van der Waals surface area contributed by atoms with Crippen molar-refractivity contribution in [1.29, 1.82) is 0 Å². The Morgan fingerprint density at radius 1 is 1.03 bits per heavy atom. The number of ether oxygens (including phenoxy) is 1. The van der Waals surface area contributed by atoms with Gasteiger partial charge in [-0.25, -0.2) is 9.78 Å². The molecule has 0 saturated carbocycles. The lowest BCUT2D eigenvalue weighted by Crippen LogP contribution is -2.16. The summed E-state index contributed by atoms with van der Waals surface area (Å²) in [5, 5.41) is 3.51. The van der Waals surface area contributed by atoms with Gasteiger partial charge in [-0.05, 0) is 55.5 Å². The van der Waals surface area contributed by atoms with Gasteiger partial charge in [-0.1, -0.05) is 29.8 Å². The van der Waals surface area contributed by atoms with Gasteiger partial charge in [-0.2, -0.15) is 0 Å². The first-order valence-corrected chi connectivity index (χ1v) is 10.2. The second kappa shape index (κ2) is 9.02. The Kier molecular flexibility index (Phi) is 6.00. The van der Waals surface area contributed by atoms with Crippen LogP contribution in [0.5, 0.6) is 0 Å². The number of aromatic nitrogens is 2. The van der Waals surface area contributed by atoms with Gasteiger partial charge in [-0.15, -0.1) is 0 Å². The third-order valence-electron chi connectivity index (χ3n) is 4.75. The summed E-state index contributed by atoms with van der Waals surface area (Å²) in [6, 6.07) is 19.7. The molecule has 0 fully saturated rings. The second-order valence-corrected chi connectivity index (χ2v) is 7.30. The average Bonchev–Trinajstić information content (AvgIpc) is 3.13. The number of hydrogen-bond donors (Lipinski definition) is 1. The fraction of sp³-hybridized carbons (Fsp3) is 0.125. The van der Waals surface area contributed by atoms with Gasteiger partial charge in [0.1, 0.15) is 5.65 Å². The van der Waals surface area contributed by atoms with Crippen LogP contribution in [0.1, 0.15) is 23.0 Å². The van der Waals surface area contributed by atoms with E-state index in [0.29, 0.717) is 22.9 Å². The highest BCUT2D eigenvalue weighted by atomic mass is 35.5. The van der Waals surface area contributed by atoms with Crippen molar-refractivity contribution in [3.05, 3.63) is 89.2 Å². The molecule has 2 aromatic heterocycles. The number of benzene rings is 2. The second-order valence-electron chi connectivity index (χ2n) is 6.87. The minimum absolute atomic E-state index is 0.128. The number of anilines is 1. The van der Waals surface area contributed by atoms with Crippen molar-refractivity contribution >= 4 is 34.8 Å². The largest absolute Gasteiger partial charge is 0.462 e. The van der Waals surface area contributed by atoms with Crippen LogP contribution in [-0.2, 0) is 16.0 Å². The molecule has 2 heterocycles. The first kappa shape index (κ1) is 20.6. The molecular weight excluding hydrogens is 414 g/mol. The predicted octanol–water partition coefficient (Wildman–Crippen LogP) is 5.01. The normalized spacial score (nSPS) is 10.8. The highest BCUT2D eigenvalue weighted by molar-refractivity contribution is 6.30. The van der Waals surface area contributed by atoms with Gasteiger partial charge in [0.25, 0.3) is 0 Å². The summed E-state index contributed by atoms with van der Waals surface area (Å²) in [5.74, 6) is -0.580. The Balaban J connectivity index is 1.58. The van der Waals surface area contributed by atoms with E-state index in [2.05, 4.69) is 5.32 Å². The third kappa shape index (κ3) is 4.59. The van der Waals surface area contributed by atoms with Gasteiger partial charge in [0, 0.05) is 22.5 Å². The van der Waals surface area contributed by atoms with E-state index >= 15 is 0 Å². The summed E-state index contributed by atoms with van der Waals surface area (Å²) in [7, 11) is 0. The van der Waals surface area contributed by atoms with E-state index in [4.69, 9.17) is 21.3 Å². The van der Waals surface area contributed by atoms with E-state index in [1.54, 1.807) is 43.3 Å². The van der Waals surface area contributed by atoms with E-state index in [1.165, 1.54) is 0 Å². The van der Waals surface area contributed by atoms with Gasteiger partial charge in [0.2, 0.25) is 5.91 Å². The molecule has 0 aliphatic carbocycles. The molecule has 4 aromatic rings. The lowest BCUT2D eigenvalue weighted by atomic mass is 10.1. The zero-order valence-corrected chi connectivity index (χ0v) is 17.6. The number of amides is 1. The number of nitrogens with one attached hydrogen (secondary N) is 1. The van der Waals surface area contributed by atoms with Crippen molar-refractivity contribution in [1.82, 2.24) is 9.38 Å². The van der Waals surface area contributed by atoms with E-state index < -0.39 is 5.97 Å². The molecule has 4 rings (SSSR count). The van der Waals surface area contributed by atoms with Gasteiger partial charge in [0.15, 0.2) is 0 Å². The van der Waals surface area contributed by atoms with Crippen LogP contribution in [0.2, 0.25) is 5.02 Å². The molecule has 1 N–H and O–H groups in total. The molecule has 0 aliphatic heterocycles. The third-order valence-corrected chi connectivity index (χ3v) is 5.01. The minimum atomic E-state index is -0.390. The van der Waals surface area contributed by atoms with Crippen LogP contribution < -0.4 is 5.32 Å². The maximum atomic E-state index is 12.8. The number of halogens is 1. The molecule has 31 heavy (non-hydrogen) atoms. The standard InChI is InChI=1S/C24H20ClN3O3/c1-2-31-24(30)17-8-12-19(13-9-17)26-22(29)15-20-23(16-6-10-18(25)11-7-16)27-21-5-3-4-14-28(20)21/h3-14H,2,15H2,1H3,(H,26,29). The Morgan fingerprint density at radius 3 is 2.48 bits per heavy atom.